The lowest BCUT2D eigenvalue weighted by atomic mass is 10.1. The number of ether oxygens (including phenoxy) is 12. The summed E-state index contributed by atoms with van der Waals surface area (Å²) in [6, 6.07) is 40.0. The smallest absolute Gasteiger partial charge is 0.188 e. The summed E-state index contributed by atoms with van der Waals surface area (Å²) in [7, 11) is 0. The molecule has 6 aliphatic heterocycles. The Morgan fingerprint density at radius 1 is 0.299 bits per heavy atom. The van der Waals surface area contributed by atoms with Crippen LogP contribution in [0.25, 0.3) is 0 Å². The van der Waals surface area contributed by atoms with Gasteiger partial charge < -0.3 is 56.8 Å². The Bertz CT molecular complexity index is 5550. The topological polar surface area (TPSA) is 368 Å². The number of Topliss-reactive ketones (excluding diaryl/α,β-unsaturated/α-hetero) is 6. The summed E-state index contributed by atoms with van der Waals surface area (Å²) in [6.45, 7) is 29.2. The predicted molar refractivity (Wildman–Crippen MR) is 501 cm³/mol. The van der Waals surface area contributed by atoms with E-state index >= 15 is 0 Å². The van der Waals surface area contributed by atoms with Crippen molar-refractivity contribution < 1.29 is 85.6 Å². The third kappa shape index (κ3) is 32.3. The predicted octanol–water partition coefficient (Wildman–Crippen LogP) is 15.2. The zero-order valence-corrected chi connectivity index (χ0v) is 78.8. The Kier molecular flexibility index (Phi) is 36.8. The Labute approximate surface area is 787 Å². The molecular weight excluding hydrogens is 1750 g/mol. The highest BCUT2D eigenvalue weighted by atomic mass is 32.1. The minimum Gasteiger partial charge on any atom is -0.493 e. The van der Waals surface area contributed by atoms with Gasteiger partial charge in [-0.25, -0.2) is 39.9 Å². The Hall–Kier alpha value is -12.7. The molecule has 134 heavy (non-hydrogen) atoms. The van der Waals surface area contributed by atoms with E-state index in [4.69, 9.17) is 56.8 Å². The van der Waals surface area contributed by atoms with Crippen molar-refractivity contribution in [3.05, 3.63) is 293 Å². The van der Waals surface area contributed by atoms with E-state index in [0.29, 0.717) is 126 Å². The summed E-state index contributed by atoms with van der Waals surface area (Å²) in [4.78, 5) is 126. The quantitative estimate of drug-likeness (QED) is 0.0329. The highest BCUT2D eigenvalue weighted by Crippen LogP contribution is 2.28. The SMILES string of the molecule is Cc1cc(OCC2CCO2)cc(C(=O)Cc2ccccn2)n1.Cc1cc(OCC2CCO2)cc(C(=O)Cc2nc(C)cs2)n1.Cc1cc(OCC2COC2)cc(C(=O)Cc2ccccn2)n1.Cc1cc(OCC2COC2)cc(C(=O)Cc2nc(C)cs2)n1.Cc1ccc(CC(=O)c2cc(OCC3CCO3)cc(C)n2)nc1.Cc1ccc(CC(=O)c2cc(OCC3COC3)cc(C)n2)nc1. The summed E-state index contributed by atoms with van der Waals surface area (Å²) in [5.41, 5.74) is 14.1. The van der Waals surface area contributed by atoms with E-state index in [1.165, 1.54) is 22.7 Å². The number of ketones is 6. The fourth-order valence-corrected chi connectivity index (χ4v) is 15.0. The van der Waals surface area contributed by atoms with E-state index < -0.39 is 0 Å². The molecule has 3 unspecified atom stereocenters. The van der Waals surface area contributed by atoms with Crippen LogP contribution in [0.4, 0.5) is 0 Å². The molecule has 700 valence electrons. The van der Waals surface area contributed by atoms with Crippen molar-refractivity contribution in [3.63, 3.8) is 0 Å². The van der Waals surface area contributed by atoms with Crippen LogP contribution in [0.2, 0.25) is 0 Å². The normalized spacial score (nSPS) is 15.7. The summed E-state index contributed by atoms with van der Waals surface area (Å²) in [5, 5.41) is 5.53. The third-order valence-electron chi connectivity index (χ3n) is 21.3. The fraction of sp³-hybridized carbons (Fsp3) is 0.392. The minimum atomic E-state index is -0.0628. The van der Waals surface area contributed by atoms with E-state index in [1.54, 1.807) is 61.2 Å². The van der Waals surface area contributed by atoms with Crippen LogP contribution in [0.3, 0.4) is 0 Å². The Morgan fingerprint density at radius 3 is 0.754 bits per heavy atom. The van der Waals surface area contributed by atoms with Crippen molar-refractivity contribution in [2.75, 3.05) is 99.1 Å². The van der Waals surface area contributed by atoms with Crippen LogP contribution in [-0.4, -0.2) is 212 Å². The number of nitrogens with zero attached hydrogens (tertiary/aromatic N) is 12. The molecule has 30 nitrogen and oxygen atoms in total. The van der Waals surface area contributed by atoms with Crippen molar-refractivity contribution in [3.8, 4) is 34.5 Å². The van der Waals surface area contributed by atoms with Gasteiger partial charge in [-0.05, 0) is 117 Å². The van der Waals surface area contributed by atoms with Crippen LogP contribution in [0, 0.1) is 87.0 Å². The molecule has 12 aromatic heterocycles. The van der Waals surface area contributed by atoms with Crippen molar-refractivity contribution >= 4 is 57.4 Å². The van der Waals surface area contributed by atoms with E-state index in [1.807, 2.05) is 177 Å². The largest absolute Gasteiger partial charge is 0.493 e. The van der Waals surface area contributed by atoms with Crippen molar-refractivity contribution in [1.82, 2.24) is 59.8 Å². The second-order valence-corrected chi connectivity index (χ2v) is 35.4. The number of hydrogen-bond acceptors (Lipinski definition) is 32. The van der Waals surface area contributed by atoms with Gasteiger partial charge in [0.25, 0.3) is 0 Å². The molecule has 3 atom stereocenters. The van der Waals surface area contributed by atoms with Gasteiger partial charge in [0, 0.05) is 234 Å². The molecule has 18 rings (SSSR count). The molecule has 6 fully saturated rings. The number of carbonyl (C=O) groups excluding carboxylic acids is 6. The minimum absolute atomic E-state index is 0.0325. The maximum Gasteiger partial charge on any atom is 0.188 e. The average molecular weight is 1860 g/mol. The zero-order valence-electron chi connectivity index (χ0n) is 77.1. The summed E-state index contributed by atoms with van der Waals surface area (Å²) in [5.74, 6) is 5.08. The molecule has 0 aliphatic carbocycles. The molecule has 0 N–H and O–H groups in total. The lowest BCUT2D eigenvalue weighted by Gasteiger charge is -2.26. The first-order valence-electron chi connectivity index (χ1n) is 44.7. The van der Waals surface area contributed by atoms with Crippen molar-refractivity contribution in [2.24, 2.45) is 17.8 Å². The van der Waals surface area contributed by atoms with Crippen LogP contribution in [0.15, 0.2) is 169 Å². The first-order chi connectivity index (χ1) is 64.8. The highest BCUT2D eigenvalue weighted by molar-refractivity contribution is 7.10. The Morgan fingerprint density at radius 2 is 0.552 bits per heavy atom. The van der Waals surface area contributed by atoms with Crippen LogP contribution >= 0.6 is 22.7 Å². The van der Waals surface area contributed by atoms with Gasteiger partial charge in [-0.3, -0.25) is 48.7 Å². The van der Waals surface area contributed by atoms with Gasteiger partial charge in [0.05, 0.1) is 116 Å². The van der Waals surface area contributed by atoms with Crippen molar-refractivity contribution in [1.29, 1.82) is 0 Å². The number of thiazole rings is 2. The number of aromatic nitrogens is 12. The lowest BCUT2D eigenvalue weighted by Crippen LogP contribution is -2.32. The van der Waals surface area contributed by atoms with Crippen LogP contribution in [-0.2, 0) is 66.9 Å². The van der Waals surface area contributed by atoms with E-state index in [9.17, 15) is 28.8 Å². The number of pyridine rings is 10. The second-order valence-electron chi connectivity index (χ2n) is 33.6. The number of aryl methyl sites for hydroxylation is 10. The summed E-state index contributed by atoms with van der Waals surface area (Å²) in [6.07, 6.45) is 12.0. The van der Waals surface area contributed by atoms with Crippen LogP contribution < -0.4 is 28.4 Å². The molecular formula is C102H112N12O18S2. The van der Waals surface area contributed by atoms with Crippen molar-refractivity contribution in [2.45, 2.75) is 145 Å². The molecule has 18 heterocycles. The molecule has 12 aromatic rings. The molecule has 0 aromatic carbocycles. The fourth-order valence-electron chi connectivity index (χ4n) is 13.4. The molecule has 0 radical (unpaired) electrons. The van der Waals surface area contributed by atoms with Gasteiger partial charge in [0.15, 0.2) is 34.7 Å². The molecule has 0 saturated carbocycles. The molecule has 6 saturated heterocycles. The number of hydrogen-bond donors (Lipinski definition) is 0. The standard InChI is InChI=1S/2C18H20N2O3.2C17H18N2O3.2C16H18N2O3S/c1-12-3-4-15(19-8-12)6-18(21)17-7-16(5-13(2)20-17)23-11-14-9-22-10-14;1-12-3-4-14(19-10-12)8-18(21)17-9-16(7-13(2)20-17)23-11-15-5-6-22-15;1-12-8-15(22-11-14-5-7-21-14)10-16(19-12)17(20)9-13-4-2-3-6-18-13;1-12-6-15(22-11-13-9-21-10-13)8-16(19-12)17(20)7-14-4-2-3-5-18-14;1-10-3-13(21-8-12-6-20-7-12)4-14(17-10)15(19)5-16-18-11(2)9-22-16;1-10-5-13(21-8-12-3-4-20-12)6-14(17-10)15(19)7-16-18-11(2)9-22-16/h3-5,7-8,14H,6,9-11H2,1-2H3;3-4,7,9-10,15H,5-6,8,11H2,1-2H3;2-4,6,8,10,14H,5,7,9,11H2,1H3;2-6,8,13H,7,9-11H2,1H3;3-4,9,12H,5-8H2,1-2H3;5-6,9,12H,3-4,7-8H2,1-2H3. The third-order valence-corrected chi connectivity index (χ3v) is 23.2. The average Bonchev–Trinajstić information content (AvgIpc) is 1.65. The maximum absolute atomic E-state index is 12.4. The molecule has 6 aliphatic rings. The maximum atomic E-state index is 12.4. The monoisotopic (exact) mass is 1860 g/mol. The number of carbonyl (C=O) groups is 6. The second kappa shape index (κ2) is 49.9. The zero-order chi connectivity index (χ0) is 94.2. The van der Waals surface area contributed by atoms with E-state index in [-0.39, 0.29) is 91.5 Å². The van der Waals surface area contributed by atoms with Crippen LogP contribution in [0.5, 0.6) is 34.5 Å². The first-order valence-corrected chi connectivity index (χ1v) is 46.5. The van der Waals surface area contributed by atoms with E-state index in [2.05, 4.69) is 59.8 Å². The van der Waals surface area contributed by atoms with Gasteiger partial charge in [-0.15, -0.1) is 22.7 Å². The molecule has 0 bridgehead atoms. The highest BCUT2D eigenvalue weighted by Gasteiger charge is 2.27. The summed E-state index contributed by atoms with van der Waals surface area (Å²) >= 11 is 3.00. The van der Waals surface area contributed by atoms with E-state index in [0.717, 1.165) is 168 Å². The van der Waals surface area contributed by atoms with Gasteiger partial charge in [0.2, 0.25) is 0 Å². The molecule has 32 heteroatoms. The van der Waals surface area contributed by atoms with Gasteiger partial charge in [-0.2, -0.15) is 0 Å². The molecule has 0 spiro atoms. The van der Waals surface area contributed by atoms with Gasteiger partial charge in [0.1, 0.15) is 98.5 Å². The summed E-state index contributed by atoms with van der Waals surface area (Å²) < 4.78 is 65.7. The Balaban J connectivity index is 0.000000136. The van der Waals surface area contributed by atoms with Gasteiger partial charge >= 0.3 is 0 Å². The first kappa shape index (κ1) is 98.8. The van der Waals surface area contributed by atoms with Gasteiger partial charge in [-0.1, -0.05) is 24.3 Å². The molecule has 0 amide bonds. The number of rotatable bonds is 36. The lowest BCUT2D eigenvalue weighted by molar-refractivity contribution is -0.0721. The van der Waals surface area contributed by atoms with Crippen LogP contribution in [0.1, 0.15) is 172 Å².